The van der Waals surface area contributed by atoms with E-state index in [-0.39, 0.29) is 11.8 Å². The van der Waals surface area contributed by atoms with Crippen molar-refractivity contribution in [3.8, 4) is 0 Å². The summed E-state index contributed by atoms with van der Waals surface area (Å²) in [6.07, 6.45) is 8.23. The summed E-state index contributed by atoms with van der Waals surface area (Å²) in [6.45, 7) is 3.64. The molecule has 1 aromatic carbocycles. The van der Waals surface area contributed by atoms with Crippen LogP contribution >= 0.6 is 0 Å². The van der Waals surface area contributed by atoms with E-state index in [1.54, 1.807) is 18.6 Å². The molecule has 3 heterocycles. The van der Waals surface area contributed by atoms with Crippen molar-refractivity contribution in [1.29, 1.82) is 0 Å². The number of carbonyl (C=O) groups excluding carboxylic acids is 1. The SMILES string of the molecule is Cc1ccc2nc([C@H]3CCCN(C(=O)CCc4cnccn4)C3)[nH]c2c1. The largest absolute Gasteiger partial charge is 0.342 e. The van der Waals surface area contributed by atoms with Gasteiger partial charge in [0, 0.05) is 44.0 Å². The number of hydrogen-bond acceptors (Lipinski definition) is 4. The van der Waals surface area contributed by atoms with E-state index < -0.39 is 0 Å². The Kier molecular flexibility index (Phi) is 4.65. The number of rotatable bonds is 4. The van der Waals surface area contributed by atoms with Crippen molar-refractivity contribution in [2.24, 2.45) is 0 Å². The lowest BCUT2D eigenvalue weighted by molar-refractivity contribution is -0.132. The van der Waals surface area contributed by atoms with Crippen molar-refractivity contribution in [1.82, 2.24) is 24.8 Å². The lowest BCUT2D eigenvalue weighted by Crippen LogP contribution is -2.39. The number of likely N-dealkylation sites (tertiary alicyclic amines) is 1. The van der Waals surface area contributed by atoms with Gasteiger partial charge in [-0.05, 0) is 43.9 Å². The maximum absolute atomic E-state index is 12.6. The number of benzene rings is 1. The Morgan fingerprint density at radius 2 is 2.27 bits per heavy atom. The summed E-state index contributed by atoms with van der Waals surface area (Å²) in [6, 6.07) is 6.26. The topological polar surface area (TPSA) is 74.8 Å². The fourth-order valence-corrected chi connectivity index (χ4v) is 3.62. The van der Waals surface area contributed by atoms with Gasteiger partial charge in [0.15, 0.2) is 0 Å². The maximum Gasteiger partial charge on any atom is 0.222 e. The molecule has 26 heavy (non-hydrogen) atoms. The molecule has 1 amide bonds. The number of imidazole rings is 1. The fraction of sp³-hybridized carbons (Fsp3) is 0.400. The van der Waals surface area contributed by atoms with Crippen LogP contribution in [0.2, 0.25) is 0 Å². The van der Waals surface area contributed by atoms with Crippen molar-refractivity contribution in [2.45, 2.75) is 38.5 Å². The zero-order valence-electron chi connectivity index (χ0n) is 15.0. The Labute approximate surface area is 152 Å². The van der Waals surface area contributed by atoms with E-state index in [0.717, 1.165) is 48.5 Å². The van der Waals surface area contributed by atoms with E-state index in [2.05, 4.69) is 40.1 Å². The summed E-state index contributed by atoms with van der Waals surface area (Å²) < 4.78 is 0. The summed E-state index contributed by atoms with van der Waals surface area (Å²) in [7, 11) is 0. The molecule has 0 aliphatic carbocycles. The van der Waals surface area contributed by atoms with Gasteiger partial charge in [-0.1, -0.05) is 6.07 Å². The summed E-state index contributed by atoms with van der Waals surface area (Å²) >= 11 is 0. The van der Waals surface area contributed by atoms with Crippen LogP contribution in [0, 0.1) is 6.92 Å². The number of aromatic nitrogens is 4. The lowest BCUT2D eigenvalue weighted by Gasteiger charge is -2.32. The van der Waals surface area contributed by atoms with Crippen LogP contribution in [0.15, 0.2) is 36.8 Å². The number of H-pyrrole nitrogens is 1. The van der Waals surface area contributed by atoms with Gasteiger partial charge >= 0.3 is 0 Å². The van der Waals surface area contributed by atoms with Crippen molar-refractivity contribution in [3.63, 3.8) is 0 Å². The second-order valence-electron chi connectivity index (χ2n) is 7.02. The molecule has 0 saturated carbocycles. The number of aryl methyl sites for hydroxylation is 2. The summed E-state index contributed by atoms with van der Waals surface area (Å²) in [4.78, 5) is 31.1. The Bertz CT molecular complexity index is 905. The van der Waals surface area contributed by atoms with Gasteiger partial charge in [-0.2, -0.15) is 0 Å². The molecule has 3 aromatic rings. The molecule has 1 aliphatic rings. The molecule has 1 N–H and O–H groups in total. The highest BCUT2D eigenvalue weighted by molar-refractivity contribution is 5.77. The third kappa shape index (κ3) is 3.59. The highest BCUT2D eigenvalue weighted by atomic mass is 16.2. The molecule has 1 saturated heterocycles. The van der Waals surface area contributed by atoms with Crippen molar-refractivity contribution < 1.29 is 4.79 Å². The molecule has 0 spiro atoms. The smallest absolute Gasteiger partial charge is 0.222 e. The van der Waals surface area contributed by atoms with Gasteiger partial charge in [-0.25, -0.2) is 4.98 Å². The Morgan fingerprint density at radius 1 is 1.35 bits per heavy atom. The van der Waals surface area contributed by atoms with Gasteiger partial charge < -0.3 is 9.88 Å². The van der Waals surface area contributed by atoms with Crippen LogP contribution in [0.5, 0.6) is 0 Å². The van der Waals surface area contributed by atoms with E-state index in [4.69, 9.17) is 4.98 Å². The number of carbonyl (C=O) groups is 1. The molecule has 0 unspecified atom stereocenters. The molecule has 0 bridgehead atoms. The van der Waals surface area contributed by atoms with E-state index in [1.807, 2.05) is 4.90 Å². The van der Waals surface area contributed by atoms with Crippen LogP contribution in [-0.2, 0) is 11.2 Å². The molecular weight excluding hydrogens is 326 g/mol. The highest BCUT2D eigenvalue weighted by Crippen LogP contribution is 2.27. The third-order valence-electron chi connectivity index (χ3n) is 5.03. The predicted molar refractivity (Wildman–Crippen MR) is 99.7 cm³/mol. The minimum Gasteiger partial charge on any atom is -0.342 e. The Balaban J connectivity index is 1.42. The van der Waals surface area contributed by atoms with E-state index in [0.29, 0.717) is 12.8 Å². The minimum atomic E-state index is 0.187. The van der Waals surface area contributed by atoms with Gasteiger partial charge in [-0.15, -0.1) is 0 Å². The molecule has 6 heteroatoms. The number of nitrogens with one attached hydrogen (secondary N) is 1. The van der Waals surface area contributed by atoms with Gasteiger partial charge in [0.1, 0.15) is 5.82 Å². The molecule has 4 rings (SSSR count). The van der Waals surface area contributed by atoms with Crippen LogP contribution in [0.4, 0.5) is 0 Å². The maximum atomic E-state index is 12.6. The minimum absolute atomic E-state index is 0.187. The van der Waals surface area contributed by atoms with Crippen LogP contribution < -0.4 is 0 Å². The quantitative estimate of drug-likeness (QED) is 0.786. The Hall–Kier alpha value is -2.76. The molecular formula is C20H23N5O. The van der Waals surface area contributed by atoms with Gasteiger partial charge in [0.25, 0.3) is 0 Å². The molecule has 1 aliphatic heterocycles. The normalized spacial score (nSPS) is 17.6. The second kappa shape index (κ2) is 7.23. The van der Waals surface area contributed by atoms with Gasteiger partial charge in [0.05, 0.1) is 16.7 Å². The van der Waals surface area contributed by atoms with Crippen LogP contribution in [0.3, 0.4) is 0 Å². The van der Waals surface area contributed by atoms with Crippen LogP contribution in [0.1, 0.15) is 42.3 Å². The fourth-order valence-electron chi connectivity index (χ4n) is 3.62. The van der Waals surface area contributed by atoms with Crippen molar-refractivity contribution in [3.05, 3.63) is 53.9 Å². The van der Waals surface area contributed by atoms with Crippen LogP contribution in [0.25, 0.3) is 11.0 Å². The Morgan fingerprint density at radius 3 is 3.12 bits per heavy atom. The summed E-state index contributed by atoms with van der Waals surface area (Å²) in [5, 5.41) is 0. The molecule has 2 aromatic heterocycles. The zero-order chi connectivity index (χ0) is 17.9. The molecule has 1 atom stereocenters. The third-order valence-corrected chi connectivity index (χ3v) is 5.03. The average molecular weight is 349 g/mol. The van der Waals surface area contributed by atoms with E-state index in [1.165, 1.54) is 5.56 Å². The predicted octanol–water partition coefficient (Wildman–Crippen LogP) is 3.00. The first-order chi connectivity index (χ1) is 12.7. The standard InChI is InChI=1S/C20H23N5O/c1-14-4-6-17-18(11-14)24-20(23-17)15-3-2-10-25(13-15)19(26)7-5-16-12-21-8-9-22-16/h4,6,8-9,11-12,15H,2-3,5,7,10,13H2,1H3,(H,23,24)/t15-/m0/s1. The first-order valence-electron chi connectivity index (χ1n) is 9.18. The van der Waals surface area contributed by atoms with E-state index >= 15 is 0 Å². The second-order valence-corrected chi connectivity index (χ2v) is 7.02. The van der Waals surface area contributed by atoms with Crippen molar-refractivity contribution in [2.75, 3.05) is 13.1 Å². The number of hydrogen-bond donors (Lipinski definition) is 1. The lowest BCUT2D eigenvalue weighted by atomic mass is 9.97. The highest BCUT2D eigenvalue weighted by Gasteiger charge is 2.26. The average Bonchev–Trinajstić information content (AvgIpc) is 3.10. The number of aromatic amines is 1. The van der Waals surface area contributed by atoms with E-state index in [9.17, 15) is 4.79 Å². The number of nitrogens with zero attached hydrogens (tertiary/aromatic N) is 4. The summed E-state index contributed by atoms with van der Waals surface area (Å²) in [5.41, 5.74) is 4.15. The van der Waals surface area contributed by atoms with Gasteiger partial charge in [0.2, 0.25) is 5.91 Å². The monoisotopic (exact) mass is 349 g/mol. The number of amides is 1. The zero-order valence-corrected chi connectivity index (χ0v) is 15.0. The first-order valence-corrected chi connectivity index (χ1v) is 9.18. The summed E-state index contributed by atoms with van der Waals surface area (Å²) in [5.74, 6) is 1.46. The molecule has 1 fully saturated rings. The molecule has 134 valence electrons. The van der Waals surface area contributed by atoms with Crippen molar-refractivity contribution >= 4 is 16.9 Å². The first kappa shape index (κ1) is 16.7. The number of piperidine rings is 1. The van der Waals surface area contributed by atoms with Crippen LogP contribution in [-0.4, -0.2) is 43.8 Å². The molecule has 0 radical (unpaired) electrons. The van der Waals surface area contributed by atoms with Gasteiger partial charge in [-0.3, -0.25) is 14.8 Å². The number of fused-ring (bicyclic) bond motifs is 1. The molecule has 6 nitrogen and oxygen atoms in total.